The van der Waals surface area contributed by atoms with Gasteiger partial charge in [-0.1, -0.05) is 74.5 Å². The molecular weight excluding hydrogens is 657 g/mol. The molecule has 2 aliphatic rings. The van der Waals surface area contributed by atoms with Gasteiger partial charge in [-0.2, -0.15) is 4.31 Å². The first-order chi connectivity index (χ1) is 23.8. The quantitative estimate of drug-likeness (QED) is 0.159. The number of carbonyl (C=O) groups excluding carboxylic acids is 4. The lowest BCUT2D eigenvalue weighted by Crippen LogP contribution is -2.72. The molecule has 2 heterocycles. The molecule has 2 aliphatic heterocycles. The van der Waals surface area contributed by atoms with Crippen molar-refractivity contribution in [2.75, 3.05) is 25.9 Å². The van der Waals surface area contributed by atoms with E-state index in [4.69, 9.17) is 11.5 Å². The Morgan fingerprint density at radius 2 is 1.40 bits per heavy atom. The van der Waals surface area contributed by atoms with Crippen LogP contribution in [-0.4, -0.2) is 97.2 Å². The number of amides is 3. The van der Waals surface area contributed by atoms with E-state index in [2.05, 4.69) is 10.6 Å². The van der Waals surface area contributed by atoms with Crippen LogP contribution in [0.2, 0.25) is 0 Å². The molecule has 6 atom stereocenters. The molecule has 0 aliphatic carbocycles. The van der Waals surface area contributed by atoms with Gasteiger partial charge in [-0.3, -0.25) is 19.2 Å². The van der Waals surface area contributed by atoms with Crippen molar-refractivity contribution in [2.45, 2.75) is 95.4 Å². The Balaban J connectivity index is 1.48. The van der Waals surface area contributed by atoms with E-state index in [1.54, 1.807) is 4.90 Å². The molecule has 12 nitrogen and oxygen atoms in total. The Bertz CT molecular complexity index is 1540. The van der Waals surface area contributed by atoms with Crippen LogP contribution in [0.25, 0.3) is 0 Å². The topological polar surface area (TPSA) is 185 Å². The molecule has 2 fully saturated rings. The molecule has 2 aromatic carbocycles. The number of unbranched alkanes of at least 4 members (excludes halogenated alkanes) is 1. The van der Waals surface area contributed by atoms with Gasteiger partial charge in [-0.15, -0.1) is 0 Å². The monoisotopic (exact) mass is 710 g/mol. The molecule has 4 rings (SSSR count). The van der Waals surface area contributed by atoms with Crippen LogP contribution in [0.4, 0.5) is 0 Å². The number of rotatable bonds is 19. The van der Waals surface area contributed by atoms with Crippen LogP contribution in [0.1, 0.15) is 63.5 Å². The molecule has 3 amide bonds. The van der Waals surface area contributed by atoms with Crippen LogP contribution >= 0.6 is 0 Å². The highest BCUT2D eigenvalue weighted by Gasteiger charge is 2.50. The number of sulfonamides is 1. The molecule has 2 bridgehead atoms. The van der Waals surface area contributed by atoms with Crippen molar-refractivity contribution in [1.82, 2.24) is 19.8 Å². The van der Waals surface area contributed by atoms with Crippen molar-refractivity contribution < 1.29 is 27.6 Å². The highest BCUT2D eigenvalue weighted by Crippen LogP contribution is 2.34. The van der Waals surface area contributed by atoms with Crippen molar-refractivity contribution in [3.8, 4) is 0 Å². The van der Waals surface area contributed by atoms with Crippen molar-refractivity contribution in [3.05, 3.63) is 71.8 Å². The predicted octanol–water partition coefficient (Wildman–Crippen LogP) is 1.76. The van der Waals surface area contributed by atoms with Crippen LogP contribution in [-0.2, 0) is 42.0 Å². The average Bonchev–Trinajstić information content (AvgIpc) is 3.07. The smallest absolute Gasteiger partial charge is 0.245 e. The zero-order chi connectivity index (χ0) is 36.4. The summed E-state index contributed by atoms with van der Waals surface area (Å²) in [4.78, 5) is 56.9. The molecule has 0 saturated carbocycles. The number of hydrogen-bond donors (Lipinski definition) is 4. The van der Waals surface area contributed by atoms with Gasteiger partial charge in [0.15, 0.2) is 5.78 Å². The second-order valence-electron chi connectivity index (χ2n) is 14.3. The maximum absolute atomic E-state index is 14.0. The van der Waals surface area contributed by atoms with Crippen molar-refractivity contribution in [1.29, 1.82) is 0 Å². The van der Waals surface area contributed by atoms with Gasteiger partial charge >= 0.3 is 0 Å². The first-order valence-corrected chi connectivity index (χ1v) is 19.6. The maximum atomic E-state index is 14.0. The van der Waals surface area contributed by atoms with Crippen molar-refractivity contribution in [2.24, 2.45) is 23.3 Å². The Morgan fingerprint density at radius 3 is 1.94 bits per heavy atom. The van der Waals surface area contributed by atoms with Gasteiger partial charge in [0.25, 0.3) is 0 Å². The summed E-state index contributed by atoms with van der Waals surface area (Å²) in [6.07, 6.45) is 4.38. The molecule has 2 aromatic rings. The molecule has 13 heteroatoms. The average molecular weight is 711 g/mol. The standard InChI is InChI=1S/C37H54N6O6S/c1-25(2)18-28(35(45)40-32(16-10-11-17-38)37(47)43-29-22-30(43)24-42(23-29)50(3,48)49)21-34(44)33(20-27-14-8-5-9-15-27)41-36(46)31(39)19-26-12-6-4-7-13-26/h4-9,12-15,25,28-33H,10-11,16-24,38-39H2,1-3H3,(H,40,45)(H,41,46). The minimum Gasteiger partial charge on any atom is -0.345 e. The summed E-state index contributed by atoms with van der Waals surface area (Å²) in [5.41, 5.74) is 13.8. The summed E-state index contributed by atoms with van der Waals surface area (Å²) in [5.74, 6) is -2.04. The number of nitrogens with one attached hydrogen (secondary N) is 2. The van der Waals surface area contributed by atoms with Gasteiger partial charge in [-0.25, -0.2) is 8.42 Å². The van der Waals surface area contributed by atoms with Crippen LogP contribution in [0, 0.1) is 11.8 Å². The molecule has 2 saturated heterocycles. The molecule has 0 aromatic heterocycles. The Morgan fingerprint density at radius 1 is 0.840 bits per heavy atom. The summed E-state index contributed by atoms with van der Waals surface area (Å²) in [5, 5.41) is 5.86. The number of piperidine rings is 1. The molecule has 6 N–H and O–H groups in total. The first kappa shape index (κ1) is 39.1. The molecule has 0 radical (unpaired) electrons. The first-order valence-electron chi connectivity index (χ1n) is 17.7. The van der Waals surface area contributed by atoms with Crippen LogP contribution in [0.5, 0.6) is 0 Å². The van der Waals surface area contributed by atoms with E-state index >= 15 is 0 Å². The zero-order valence-electron chi connectivity index (χ0n) is 29.5. The number of piperazine rings is 1. The summed E-state index contributed by atoms with van der Waals surface area (Å²) >= 11 is 0. The number of nitrogens with two attached hydrogens (primary N) is 2. The van der Waals surface area contributed by atoms with Gasteiger partial charge in [0.2, 0.25) is 27.7 Å². The maximum Gasteiger partial charge on any atom is 0.245 e. The van der Waals surface area contributed by atoms with Crippen LogP contribution in [0.3, 0.4) is 0 Å². The Kier molecular flexibility index (Phi) is 14.1. The fraction of sp³-hybridized carbons (Fsp3) is 0.568. The molecular formula is C37H54N6O6S. The molecule has 274 valence electrons. The Labute approximate surface area is 296 Å². The number of ketones is 1. The minimum absolute atomic E-state index is 0.0723. The van der Waals surface area contributed by atoms with Gasteiger partial charge < -0.3 is 27.0 Å². The SMILES string of the molecule is CC(C)CC(CC(=O)C(Cc1ccccc1)NC(=O)C(N)Cc1ccccc1)C(=O)NC(CCCCN)C(=O)N1C2CC1CN(S(C)(=O)=O)C2. The summed E-state index contributed by atoms with van der Waals surface area (Å²) in [6, 6.07) is 15.7. The number of Topliss-reactive ketones (excluding diaryl/α,β-unsaturated/α-hetero) is 1. The zero-order valence-corrected chi connectivity index (χ0v) is 30.3. The number of benzene rings is 2. The van der Waals surface area contributed by atoms with Crippen LogP contribution in [0.15, 0.2) is 60.7 Å². The fourth-order valence-corrected chi connectivity index (χ4v) is 7.88. The second kappa shape index (κ2) is 18.0. The number of fused-ring (bicyclic) bond motifs is 2. The molecule has 6 unspecified atom stereocenters. The fourth-order valence-electron chi connectivity index (χ4n) is 6.99. The van der Waals surface area contributed by atoms with Crippen molar-refractivity contribution in [3.63, 3.8) is 0 Å². The van der Waals surface area contributed by atoms with Crippen molar-refractivity contribution >= 4 is 33.5 Å². The van der Waals surface area contributed by atoms with E-state index in [0.717, 1.165) is 17.5 Å². The highest BCUT2D eigenvalue weighted by atomic mass is 32.2. The third-order valence-electron chi connectivity index (χ3n) is 9.64. The van der Waals surface area contributed by atoms with Gasteiger partial charge in [0.05, 0.1) is 18.3 Å². The Hall–Kier alpha value is -3.65. The molecule has 50 heavy (non-hydrogen) atoms. The second-order valence-corrected chi connectivity index (χ2v) is 16.2. The summed E-state index contributed by atoms with van der Waals surface area (Å²) in [6.45, 7) is 4.85. The number of nitrogens with zero attached hydrogens (tertiary/aromatic N) is 2. The summed E-state index contributed by atoms with van der Waals surface area (Å²) in [7, 11) is -3.38. The largest absolute Gasteiger partial charge is 0.345 e. The van der Waals surface area contributed by atoms with Gasteiger partial charge in [0, 0.05) is 37.5 Å². The lowest BCUT2D eigenvalue weighted by molar-refractivity contribution is -0.154. The van der Waals surface area contributed by atoms with E-state index in [0.29, 0.717) is 38.6 Å². The van der Waals surface area contributed by atoms with Crippen LogP contribution < -0.4 is 22.1 Å². The minimum atomic E-state index is -3.38. The number of hydrogen-bond acceptors (Lipinski definition) is 8. The number of carbonyl (C=O) groups is 4. The van der Waals surface area contributed by atoms with E-state index in [1.165, 1.54) is 10.6 Å². The van der Waals surface area contributed by atoms with Gasteiger partial charge in [0.1, 0.15) is 6.04 Å². The summed E-state index contributed by atoms with van der Waals surface area (Å²) < 4.78 is 25.7. The third-order valence-corrected chi connectivity index (χ3v) is 10.9. The van der Waals surface area contributed by atoms with E-state index in [9.17, 15) is 27.6 Å². The van der Waals surface area contributed by atoms with Gasteiger partial charge in [-0.05, 0) is 68.5 Å². The normalized spacial score (nSPS) is 19.9. The number of likely N-dealkylation sites (tertiary alicyclic amines) is 1. The van der Waals surface area contributed by atoms with E-state index in [-0.39, 0.29) is 55.6 Å². The predicted molar refractivity (Wildman–Crippen MR) is 193 cm³/mol. The lowest BCUT2D eigenvalue weighted by atomic mass is 9.86. The third kappa shape index (κ3) is 10.9. The molecule has 0 spiro atoms. The van der Waals surface area contributed by atoms with E-state index < -0.39 is 45.9 Å². The highest BCUT2D eigenvalue weighted by molar-refractivity contribution is 7.88. The lowest BCUT2D eigenvalue weighted by Gasteiger charge is -2.56. The van der Waals surface area contributed by atoms with E-state index in [1.807, 2.05) is 74.5 Å².